The Hall–Kier alpha value is -2.80. The highest BCUT2D eigenvalue weighted by Crippen LogP contribution is 2.30. The molecule has 0 saturated heterocycles. The summed E-state index contributed by atoms with van der Waals surface area (Å²) in [6.45, 7) is 3.77. The summed E-state index contributed by atoms with van der Waals surface area (Å²) in [5.74, 6) is 1.51. The summed E-state index contributed by atoms with van der Waals surface area (Å²) in [5.41, 5.74) is 1.15. The average Bonchev–Trinajstić information content (AvgIpc) is 2.65. The number of hydrogen-bond donors (Lipinski definition) is 0. The van der Waals surface area contributed by atoms with Gasteiger partial charge in [0.2, 0.25) is 0 Å². The minimum Gasteiger partial charge on any atom is -0.491 e. The lowest BCUT2D eigenvalue weighted by Gasteiger charge is -2.31. The summed E-state index contributed by atoms with van der Waals surface area (Å²) in [4.78, 5) is 12.4. The lowest BCUT2D eigenvalue weighted by molar-refractivity contribution is -0.384. The number of para-hydroxylation sites is 2. The number of nitro groups is 1. The first-order valence-corrected chi connectivity index (χ1v) is 8.16. The van der Waals surface area contributed by atoms with E-state index in [1.54, 1.807) is 12.1 Å². The summed E-state index contributed by atoms with van der Waals surface area (Å²) in [5, 5.41) is 10.6. The third-order valence-electron chi connectivity index (χ3n) is 3.87. The topological polar surface area (TPSA) is 74.1 Å². The Morgan fingerprint density at radius 1 is 1.08 bits per heavy atom. The van der Waals surface area contributed by atoms with Gasteiger partial charge in [-0.2, -0.15) is 0 Å². The van der Waals surface area contributed by atoms with E-state index in [9.17, 15) is 10.1 Å². The van der Waals surface area contributed by atoms with Crippen molar-refractivity contribution < 1.29 is 19.1 Å². The van der Waals surface area contributed by atoms with Gasteiger partial charge in [0.15, 0.2) is 0 Å². The summed E-state index contributed by atoms with van der Waals surface area (Å²) < 4.78 is 16.8. The van der Waals surface area contributed by atoms with Crippen LogP contribution < -0.4 is 14.4 Å². The zero-order chi connectivity index (χ0) is 17.5. The van der Waals surface area contributed by atoms with Gasteiger partial charge in [-0.15, -0.1) is 0 Å². The average molecular weight is 344 g/mol. The fourth-order valence-corrected chi connectivity index (χ4v) is 2.62. The first kappa shape index (κ1) is 17.0. The van der Waals surface area contributed by atoms with Crippen LogP contribution in [0, 0.1) is 10.1 Å². The van der Waals surface area contributed by atoms with Gasteiger partial charge in [-0.1, -0.05) is 12.1 Å². The minimum absolute atomic E-state index is 0.0504. The van der Waals surface area contributed by atoms with Crippen molar-refractivity contribution in [2.24, 2.45) is 0 Å². The van der Waals surface area contributed by atoms with Gasteiger partial charge >= 0.3 is 0 Å². The van der Waals surface area contributed by atoms with Crippen molar-refractivity contribution in [1.82, 2.24) is 0 Å². The maximum Gasteiger partial charge on any atom is 0.269 e. The van der Waals surface area contributed by atoms with Crippen LogP contribution in [0.1, 0.15) is 0 Å². The third-order valence-corrected chi connectivity index (χ3v) is 3.87. The normalized spacial score (nSPS) is 13.0. The number of rotatable bonds is 8. The van der Waals surface area contributed by atoms with E-state index in [1.165, 1.54) is 12.1 Å². The molecule has 25 heavy (non-hydrogen) atoms. The molecule has 0 unspecified atom stereocenters. The van der Waals surface area contributed by atoms with Gasteiger partial charge in [-0.25, -0.2) is 0 Å². The standard InChI is InChI=1S/C18H20N2O5/c21-20(22)15-5-7-16(8-6-15)24-14-13-23-11-9-19-10-12-25-18-4-2-1-3-17(18)19/h1-8H,9-14H2. The molecular formula is C18H20N2O5. The van der Waals surface area contributed by atoms with Gasteiger partial charge in [-0.3, -0.25) is 10.1 Å². The second-order valence-corrected chi connectivity index (χ2v) is 5.52. The van der Waals surface area contributed by atoms with Crippen LogP contribution in [0.4, 0.5) is 11.4 Å². The number of hydrogen-bond acceptors (Lipinski definition) is 6. The Balaban J connectivity index is 1.35. The SMILES string of the molecule is O=[N+]([O-])c1ccc(OCCOCCN2CCOc3ccccc32)cc1. The fourth-order valence-electron chi connectivity index (χ4n) is 2.62. The second kappa shape index (κ2) is 8.34. The Bertz CT molecular complexity index is 705. The quantitative estimate of drug-likeness (QED) is 0.416. The van der Waals surface area contributed by atoms with E-state index >= 15 is 0 Å². The molecule has 0 aromatic heterocycles. The minimum atomic E-state index is -0.434. The molecular weight excluding hydrogens is 324 g/mol. The summed E-state index contributed by atoms with van der Waals surface area (Å²) in [6, 6.07) is 14.0. The van der Waals surface area contributed by atoms with E-state index in [0.717, 1.165) is 24.5 Å². The Labute approximate surface area is 145 Å². The Morgan fingerprint density at radius 2 is 1.88 bits per heavy atom. The molecule has 0 N–H and O–H groups in total. The van der Waals surface area contributed by atoms with Crippen LogP contribution in [0.2, 0.25) is 0 Å². The monoisotopic (exact) mass is 344 g/mol. The molecule has 0 saturated carbocycles. The molecule has 7 heteroatoms. The maximum atomic E-state index is 10.6. The molecule has 2 aromatic rings. The van der Waals surface area contributed by atoms with Crippen molar-refractivity contribution in [2.45, 2.75) is 0 Å². The van der Waals surface area contributed by atoms with Gasteiger partial charge in [0.1, 0.15) is 24.7 Å². The zero-order valence-corrected chi connectivity index (χ0v) is 13.8. The highest BCUT2D eigenvalue weighted by Gasteiger charge is 2.16. The lowest BCUT2D eigenvalue weighted by Crippen LogP contribution is -2.35. The van der Waals surface area contributed by atoms with Gasteiger partial charge in [0.05, 0.1) is 30.4 Å². The summed E-state index contributed by atoms with van der Waals surface area (Å²) in [6.07, 6.45) is 0. The number of fused-ring (bicyclic) bond motifs is 1. The van der Waals surface area contributed by atoms with Crippen LogP contribution in [-0.2, 0) is 4.74 Å². The van der Waals surface area contributed by atoms with E-state index in [-0.39, 0.29) is 5.69 Å². The summed E-state index contributed by atoms with van der Waals surface area (Å²) in [7, 11) is 0. The molecule has 0 bridgehead atoms. The molecule has 1 aliphatic heterocycles. The second-order valence-electron chi connectivity index (χ2n) is 5.52. The van der Waals surface area contributed by atoms with E-state index in [2.05, 4.69) is 4.90 Å². The smallest absolute Gasteiger partial charge is 0.269 e. The van der Waals surface area contributed by atoms with Crippen molar-refractivity contribution in [3.63, 3.8) is 0 Å². The van der Waals surface area contributed by atoms with Crippen LogP contribution >= 0.6 is 0 Å². The number of ether oxygens (including phenoxy) is 3. The van der Waals surface area contributed by atoms with Gasteiger partial charge in [-0.05, 0) is 24.3 Å². The van der Waals surface area contributed by atoms with Crippen LogP contribution in [0.25, 0.3) is 0 Å². The number of nitrogens with zero attached hydrogens (tertiary/aromatic N) is 2. The predicted octanol–water partition coefficient (Wildman–Crippen LogP) is 2.89. The zero-order valence-electron chi connectivity index (χ0n) is 13.8. The molecule has 0 atom stereocenters. The van der Waals surface area contributed by atoms with E-state index in [1.807, 2.05) is 24.3 Å². The van der Waals surface area contributed by atoms with Crippen LogP contribution in [0.3, 0.4) is 0 Å². The molecule has 7 nitrogen and oxygen atoms in total. The first-order valence-electron chi connectivity index (χ1n) is 8.16. The first-order chi connectivity index (χ1) is 12.2. The number of nitro benzene ring substituents is 1. The van der Waals surface area contributed by atoms with Crippen molar-refractivity contribution in [1.29, 1.82) is 0 Å². The Kier molecular flexibility index (Phi) is 5.69. The molecule has 0 radical (unpaired) electrons. The predicted molar refractivity (Wildman–Crippen MR) is 93.6 cm³/mol. The molecule has 0 spiro atoms. The van der Waals surface area contributed by atoms with Crippen LogP contribution in [0.5, 0.6) is 11.5 Å². The molecule has 2 aromatic carbocycles. The highest BCUT2D eigenvalue weighted by atomic mass is 16.6. The van der Waals surface area contributed by atoms with Crippen molar-refractivity contribution in [3.8, 4) is 11.5 Å². The molecule has 0 fully saturated rings. The van der Waals surface area contributed by atoms with Gasteiger partial charge in [0.25, 0.3) is 5.69 Å². The molecule has 132 valence electrons. The summed E-state index contributed by atoms with van der Waals surface area (Å²) >= 11 is 0. The van der Waals surface area contributed by atoms with E-state index in [4.69, 9.17) is 14.2 Å². The lowest BCUT2D eigenvalue weighted by atomic mass is 10.2. The molecule has 1 aliphatic rings. The largest absolute Gasteiger partial charge is 0.491 e. The van der Waals surface area contributed by atoms with Crippen LogP contribution in [-0.4, -0.2) is 44.4 Å². The maximum absolute atomic E-state index is 10.6. The van der Waals surface area contributed by atoms with Crippen LogP contribution in [0.15, 0.2) is 48.5 Å². The van der Waals surface area contributed by atoms with E-state index in [0.29, 0.717) is 32.2 Å². The molecule has 0 aliphatic carbocycles. The van der Waals surface area contributed by atoms with Crippen molar-refractivity contribution >= 4 is 11.4 Å². The Morgan fingerprint density at radius 3 is 2.68 bits per heavy atom. The highest BCUT2D eigenvalue weighted by molar-refractivity contribution is 5.59. The van der Waals surface area contributed by atoms with Gasteiger partial charge < -0.3 is 19.1 Å². The van der Waals surface area contributed by atoms with Gasteiger partial charge in [0, 0.05) is 18.7 Å². The molecule has 1 heterocycles. The van der Waals surface area contributed by atoms with Crippen molar-refractivity contribution in [3.05, 3.63) is 58.6 Å². The number of anilines is 1. The number of non-ortho nitro benzene ring substituents is 1. The van der Waals surface area contributed by atoms with Crippen molar-refractivity contribution in [2.75, 3.05) is 44.4 Å². The third kappa shape index (κ3) is 4.60. The fraction of sp³-hybridized carbons (Fsp3) is 0.333. The molecule has 3 rings (SSSR count). The molecule has 0 amide bonds. The number of benzene rings is 2. The van der Waals surface area contributed by atoms with E-state index < -0.39 is 4.92 Å².